The molecule has 4 heteroatoms. The van der Waals surface area contributed by atoms with Gasteiger partial charge in [0, 0.05) is 11.1 Å². The van der Waals surface area contributed by atoms with Crippen LogP contribution < -0.4 is 0 Å². The van der Waals surface area contributed by atoms with E-state index in [1.54, 1.807) is 4.31 Å². The van der Waals surface area contributed by atoms with Gasteiger partial charge in [0.2, 0.25) is 10.0 Å². The van der Waals surface area contributed by atoms with Gasteiger partial charge in [-0.15, -0.1) is 0 Å². The van der Waals surface area contributed by atoms with Crippen molar-refractivity contribution in [3.63, 3.8) is 0 Å². The lowest BCUT2D eigenvalue weighted by molar-refractivity contribution is 0.122. The Morgan fingerprint density at radius 1 is 1.44 bits per heavy atom. The summed E-state index contributed by atoms with van der Waals surface area (Å²) < 4.78 is 26.7. The summed E-state index contributed by atoms with van der Waals surface area (Å²) in [4.78, 5) is 0. The molecule has 2 bridgehead atoms. The monoisotopic (exact) mass is 269 g/mol. The average molecular weight is 269 g/mol. The van der Waals surface area contributed by atoms with Crippen LogP contribution in [0.4, 0.5) is 0 Å². The van der Waals surface area contributed by atoms with Crippen LogP contribution in [-0.2, 0) is 10.0 Å². The SMILES string of the molecule is C=C(CC)N1C2CC3CCC2(CS1(=O)=O)C3(C)C. The zero-order valence-corrected chi connectivity index (χ0v) is 12.4. The van der Waals surface area contributed by atoms with Crippen LogP contribution in [0, 0.1) is 16.7 Å². The van der Waals surface area contributed by atoms with Crippen LogP contribution >= 0.6 is 0 Å². The maximum Gasteiger partial charge on any atom is 0.235 e. The van der Waals surface area contributed by atoms with E-state index in [0.717, 1.165) is 25.0 Å². The molecule has 102 valence electrons. The molecule has 18 heavy (non-hydrogen) atoms. The molecule has 1 spiro atoms. The largest absolute Gasteiger partial charge is 0.271 e. The van der Waals surface area contributed by atoms with Gasteiger partial charge < -0.3 is 0 Å². The van der Waals surface area contributed by atoms with Crippen LogP contribution in [0.15, 0.2) is 12.3 Å². The van der Waals surface area contributed by atoms with Gasteiger partial charge in [0.1, 0.15) is 0 Å². The summed E-state index contributed by atoms with van der Waals surface area (Å²) in [5.41, 5.74) is 0.919. The van der Waals surface area contributed by atoms with Crippen molar-refractivity contribution in [2.75, 3.05) is 5.75 Å². The minimum absolute atomic E-state index is 0.0192. The second-order valence-corrected chi connectivity index (χ2v) is 8.68. The van der Waals surface area contributed by atoms with Gasteiger partial charge in [-0.2, -0.15) is 0 Å². The fraction of sp³-hybridized carbons (Fsp3) is 0.857. The molecule has 0 amide bonds. The van der Waals surface area contributed by atoms with Crippen LogP contribution in [0.2, 0.25) is 0 Å². The molecule has 0 N–H and O–H groups in total. The molecule has 3 unspecified atom stereocenters. The van der Waals surface area contributed by atoms with E-state index in [9.17, 15) is 8.42 Å². The second-order valence-electron chi connectivity index (χ2n) is 6.84. The summed E-state index contributed by atoms with van der Waals surface area (Å²) >= 11 is 0. The Morgan fingerprint density at radius 2 is 2.11 bits per heavy atom. The molecule has 2 saturated carbocycles. The van der Waals surface area contributed by atoms with Gasteiger partial charge in [0.25, 0.3) is 0 Å². The van der Waals surface area contributed by atoms with Crippen molar-refractivity contribution in [2.24, 2.45) is 16.7 Å². The molecule has 3 nitrogen and oxygen atoms in total. The Bertz CT molecular complexity index is 508. The Hall–Kier alpha value is -0.510. The second kappa shape index (κ2) is 3.33. The van der Waals surface area contributed by atoms with Crippen LogP contribution in [0.3, 0.4) is 0 Å². The number of allylic oxidation sites excluding steroid dienone is 1. The highest BCUT2D eigenvalue weighted by Gasteiger charge is 2.71. The normalized spacial score (nSPS) is 43.2. The molecular weight excluding hydrogens is 246 g/mol. The van der Waals surface area contributed by atoms with Crippen LogP contribution in [0.25, 0.3) is 0 Å². The molecule has 3 atom stereocenters. The predicted octanol–water partition coefficient (Wildman–Crippen LogP) is 2.75. The molecule has 1 saturated heterocycles. The third-order valence-electron chi connectivity index (χ3n) is 6.13. The summed E-state index contributed by atoms with van der Waals surface area (Å²) in [6, 6.07) is 0.184. The first-order valence-electron chi connectivity index (χ1n) is 6.96. The van der Waals surface area contributed by atoms with E-state index < -0.39 is 10.0 Å². The highest BCUT2D eigenvalue weighted by atomic mass is 32.2. The number of hydrogen-bond acceptors (Lipinski definition) is 2. The summed E-state index contributed by atoms with van der Waals surface area (Å²) in [6.07, 6.45) is 4.02. The smallest absolute Gasteiger partial charge is 0.235 e. The number of hydrogen-bond donors (Lipinski definition) is 0. The fourth-order valence-corrected chi connectivity index (χ4v) is 7.56. The fourth-order valence-electron chi connectivity index (χ4n) is 4.86. The van der Waals surface area contributed by atoms with E-state index in [-0.39, 0.29) is 16.9 Å². The van der Waals surface area contributed by atoms with E-state index >= 15 is 0 Å². The molecule has 2 aliphatic carbocycles. The topological polar surface area (TPSA) is 37.4 Å². The van der Waals surface area contributed by atoms with Crippen molar-refractivity contribution in [3.8, 4) is 0 Å². The molecule has 0 aromatic heterocycles. The minimum Gasteiger partial charge on any atom is -0.271 e. The molecule has 1 aliphatic heterocycles. The van der Waals surface area contributed by atoms with Crippen molar-refractivity contribution in [1.82, 2.24) is 4.31 Å². The highest BCUT2D eigenvalue weighted by Crippen LogP contribution is 2.70. The zero-order chi connectivity index (χ0) is 13.3. The standard InChI is InChI=1S/C14H23NO2S/c1-5-10(2)15-12-8-11-6-7-14(12,13(11,3)4)9-18(15,16)17/h11-12H,2,5-9H2,1,3-4H3. The number of sulfonamides is 1. The van der Waals surface area contributed by atoms with Gasteiger partial charge in [-0.1, -0.05) is 27.4 Å². The van der Waals surface area contributed by atoms with Crippen molar-refractivity contribution in [2.45, 2.75) is 52.5 Å². The van der Waals surface area contributed by atoms with Gasteiger partial charge in [0.15, 0.2) is 0 Å². The van der Waals surface area contributed by atoms with Gasteiger partial charge in [0.05, 0.1) is 11.8 Å². The number of rotatable bonds is 2. The molecule has 3 aliphatic rings. The lowest BCUT2D eigenvalue weighted by Gasteiger charge is -2.37. The van der Waals surface area contributed by atoms with E-state index in [2.05, 4.69) is 20.4 Å². The zero-order valence-electron chi connectivity index (χ0n) is 11.6. The number of nitrogens with zero attached hydrogens (tertiary/aromatic N) is 1. The molecule has 3 fully saturated rings. The van der Waals surface area contributed by atoms with Gasteiger partial charge in [-0.3, -0.25) is 4.31 Å². The Kier molecular flexibility index (Phi) is 2.31. The summed E-state index contributed by atoms with van der Waals surface area (Å²) in [6.45, 7) is 10.5. The lowest BCUT2D eigenvalue weighted by atomic mass is 9.69. The first kappa shape index (κ1) is 12.5. The summed E-state index contributed by atoms with van der Waals surface area (Å²) in [7, 11) is -3.14. The minimum atomic E-state index is -3.14. The van der Waals surface area contributed by atoms with Crippen molar-refractivity contribution >= 4 is 10.0 Å². The first-order valence-corrected chi connectivity index (χ1v) is 8.57. The quantitative estimate of drug-likeness (QED) is 0.773. The Labute approximate surface area is 110 Å². The predicted molar refractivity (Wildman–Crippen MR) is 72.4 cm³/mol. The van der Waals surface area contributed by atoms with E-state index in [0.29, 0.717) is 11.7 Å². The third kappa shape index (κ3) is 1.18. The Morgan fingerprint density at radius 3 is 2.67 bits per heavy atom. The van der Waals surface area contributed by atoms with E-state index in [4.69, 9.17) is 0 Å². The molecule has 0 aromatic rings. The average Bonchev–Trinajstić information content (AvgIpc) is 2.74. The molecule has 1 heterocycles. The van der Waals surface area contributed by atoms with Crippen LogP contribution in [0.5, 0.6) is 0 Å². The van der Waals surface area contributed by atoms with Gasteiger partial charge >= 0.3 is 0 Å². The maximum absolute atomic E-state index is 12.5. The molecule has 3 rings (SSSR count). The van der Waals surface area contributed by atoms with Crippen molar-refractivity contribution < 1.29 is 8.42 Å². The molecular formula is C14H23NO2S. The molecule has 0 aromatic carbocycles. The van der Waals surface area contributed by atoms with Crippen LogP contribution in [-0.4, -0.2) is 24.5 Å². The van der Waals surface area contributed by atoms with Crippen LogP contribution in [0.1, 0.15) is 46.5 Å². The highest BCUT2D eigenvalue weighted by molar-refractivity contribution is 7.89. The first-order chi connectivity index (χ1) is 8.26. The third-order valence-corrected chi connectivity index (χ3v) is 8.12. The number of fused-ring (bicyclic) bond motifs is 1. The summed E-state index contributed by atoms with van der Waals surface area (Å²) in [5, 5.41) is 0. The van der Waals surface area contributed by atoms with Crippen molar-refractivity contribution in [1.29, 1.82) is 0 Å². The van der Waals surface area contributed by atoms with E-state index in [1.807, 2.05) is 6.92 Å². The summed E-state index contributed by atoms with van der Waals surface area (Å²) in [5.74, 6) is 1.03. The van der Waals surface area contributed by atoms with Crippen molar-refractivity contribution in [3.05, 3.63) is 12.3 Å². The maximum atomic E-state index is 12.5. The van der Waals surface area contributed by atoms with E-state index in [1.165, 1.54) is 6.42 Å². The molecule has 0 radical (unpaired) electrons. The van der Waals surface area contributed by atoms with Gasteiger partial charge in [-0.05, 0) is 37.0 Å². The van der Waals surface area contributed by atoms with Gasteiger partial charge in [-0.25, -0.2) is 8.42 Å². The lowest BCUT2D eigenvalue weighted by Crippen LogP contribution is -2.41. The Balaban J connectivity index is 2.11.